The average molecular weight is 339 g/mol. The summed E-state index contributed by atoms with van der Waals surface area (Å²) in [5.41, 5.74) is 3.23. The molecule has 25 heavy (non-hydrogen) atoms. The van der Waals surface area contributed by atoms with Gasteiger partial charge in [0.15, 0.2) is 11.5 Å². The van der Waals surface area contributed by atoms with Gasteiger partial charge in [0.05, 0.1) is 19.8 Å². The molecule has 0 heterocycles. The molecule has 1 aliphatic carbocycles. The van der Waals surface area contributed by atoms with Gasteiger partial charge >= 0.3 is 0 Å². The minimum absolute atomic E-state index is 0.00283. The fraction of sp³-hybridized carbons (Fsp3) is 0.381. The van der Waals surface area contributed by atoms with E-state index >= 15 is 0 Å². The van der Waals surface area contributed by atoms with Crippen molar-refractivity contribution in [1.82, 2.24) is 4.90 Å². The van der Waals surface area contributed by atoms with Crippen molar-refractivity contribution in [3.8, 4) is 11.5 Å². The van der Waals surface area contributed by atoms with Crippen LogP contribution in [0.15, 0.2) is 42.5 Å². The molecule has 0 saturated carbocycles. The molecule has 2 aromatic carbocycles. The van der Waals surface area contributed by atoms with E-state index in [1.807, 2.05) is 18.9 Å². The molecule has 1 amide bonds. The quantitative estimate of drug-likeness (QED) is 0.818. The second-order valence-corrected chi connectivity index (χ2v) is 6.32. The number of carbonyl (C=O) groups is 1. The molecule has 132 valence electrons. The molecule has 0 saturated heterocycles. The zero-order valence-corrected chi connectivity index (χ0v) is 15.1. The Balaban J connectivity index is 1.86. The first-order valence-corrected chi connectivity index (χ1v) is 8.81. The second-order valence-electron chi connectivity index (χ2n) is 6.32. The van der Waals surface area contributed by atoms with Gasteiger partial charge in [-0.05, 0) is 55.5 Å². The Morgan fingerprint density at radius 2 is 2.00 bits per heavy atom. The number of hydrogen-bond donors (Lipinski definition) is 0. The summed E-state index contributed by atoms with van der Waals surface area (Å²) >= 11 is 0. The van der Waals surface area contributed by atoms with Crippen LogP contribution in [0.4, 0.5) is 0 Å². The minimum atomic E-state index is 0.00283. The standard InChI is InChI=1S/C21H25NO3/c1-4-25-19-13-12-16(14-20(19)24-3)21(23)22(2)18-11-7-9-15-8-5-6-10-17(15)18/h5-6,8,10,12-14,18H,4,7,9,11H2,1-3H3. The summed E-state index contributed by atoms with van der Waals surface area (Å²) in [6.45, 7) is 2.48. The number of nitrogens with zero attached hydrogens (tertiary/aromatic N) is 1. The highest BCUT2D eigenvalue weighted by atomic mass is 16.5. The lowest BCUT2D eigenvalue weighted by atomic mass is 9.87. The van der Waals surface area contributed by atoms with Gasteiger partial charge in [-0.25, -0.2) is 0 Å². The minimum Gasteiger partial charge on any atom is -0.493 e. The summed E-state index contributed by atoms with van der Waals surface area (Å²) in [5, 5.41) is 0. The second kappa shape index (κ2) is 7.60. The van der Waals surface area contributed by atoms with Crippen LogP contribution in [0.5, 0.6) is 11.5 Å². The third-order valence-electron chi connectivity index (χ3n) is 4.84. The lowest BCUT2D eigenvalue weighted by Gasteiger charge is -2.33. The first-order valence-electron chi connectivity index (χ1n) is 8.81. The Bertz CT molecular complexity index is 757. The molecule has 4 heteroatoms. The van der Waals surface area contributed by atoms with Gasteiger partial charge in [-0.15, -0.1) is 0 Å². The third kappa shape index (κ3) is 3.48. The van der Waals surface area contributed by atoms with Crippen LogP contribution in [0.3, 0.4) is 0 Å². The maximum absolute atomic E-state index is 13.0. The fourth-order valence-electron chi connectivity index (χ4n) is 3.55. The summed E-state index contributed by atoms with van der Waals surface area (Å²) in [4.78, 5) is 14.9. The summed E-state index contributed by atoms with van der Waals surface area (Å²) in [7, 11) is 3.48. The SMILES string of the molecule is CCOc1ccc(C(=O)N(C)C2CCCc3ccccc32)cc1OC. The van der Waals surface area contributed by atoms with Gasteiger partial charge in [0.25, 0.3) is 5.91 Å². The number of methoxy groups -OCH3 is 1. The van der Waals surface area contributed by atoms with Crippen molar-refractivity contribution in [3.05, 3.63) is 59.2 Å². The molecule has 0 bridgehead atoms. The van der Waals surface area contributed by atoms with E-state index in [1.54, 1.807) is 25.3 Å². The topological polar surface area (TPSA) is 38.8 Å². The third-order valence-corrected chi connectivity index (χ3v) is 4.84. The van der Waals surface area contributed by atoms with E-state index in [9.17, 15) is 4.79 Å². The molecule has 1 unspecified atom stereocenters. The molecule has 3 rings (SSSR count). The van der Waals surface area contributed by atoms with Gasteiger partial charge < -0.3 is 14.4 Å². The fourth-order valence-corrected chi connectivity index (χ4v) is 3.55. The van der Waals surface area contributed by atoms with Crippen LogP contribution in [0.1, 0.15) is 47.3 Å². The molecule has 0 N–H and O–H groups in total. The van der Waals surface area contributed by atoms with E-state index in [2.05, 4.69) is 24.3 Å². The van der Waals surface area contributed by atoms with Crippen LogP contribution in [-0.4, -0.2) is 31.6 Å². The van der Waals surface area contributed by atoms with Gasteiger partial charge in [-0.3, -0.25) is 4.79 Å². The van der Waals surface area contributed by atoms with Gasteiger partial charge in [0, 0.05) is 12.6 Å². The maximum atomic E-state index is 13.0. The molecular weight excluding hydrogens is 314 g/mol. The van der Waals surface area contributed by atoms with E-state index in [0.717, 1.165) is 19.3 Å². The van der Waals surface area contributed by atoms with Gasteiger partial charge in [-0.1, -0.05) is 24.3 Å². The number of rotatable bonds is 5. The van der Waals surface area contributed by atoms with Gasteiger partial charge in [-0.2, -0.15) is 0 Å². The first-order chi connectivity index (χ1) is 12.2. The van der Waals surface area contributed by atoms with Gasteiger partial charge in [0.2, 0.25) is 0 Å². The molecule has 0 radical (unpaired) electrons. The Hall–Kier alpha value is -2.49. The molecule has 2 aromatic rings. The van der Waals surface area contributed by atoms with Crippen molar-refractivity contribution in [3.63, 3.8) is 0 Å². The zero-order chi connectivity index (χ0) is 17.8. The highest BCUT2D eigenvalue weighted by molar-refractivity contribution is 5.95. The van der Waals surface area contributed by atoms with E-state index in [0.29, 0.717) is 23.7 Å². The van der Waals surface area contributed by atoms with Crippen LogP contribution >= 0.6 is 0 Å². The van der Waals surface area contributed by atoms with E-state index in [1.165, 1.54) is 11.1 Å². The van der Waals surface area contributed by atoms with Crippen LogP contribution in [0.25, 0.3) is 0 Å². The number of aryl methyl sites for hydroxylation is 1. The summed E-state index contributed by atoms with van der Waals surface area (Å²) in [5.74, 6) is 1.25. The molecule has 0 fully saturated rings. The zero-order valence-electron chi connectivity index (χ0n) is 15.1. The molecule has 1 atom stereocenters. The predicted octanol–water partition coefficient (Wildman–Crippen LogP) is 4.24. The number of fused-ring (bicyclic) bond motifs is 1. The van der Waals surface area contributed by atoms with Crippen molar-refractivity contribution in [2.45, 2.75) is 32.2 Å². The molecular formula is C21H25NO3. The average Bonchev–Trinajstić information content (AvgIpc) is 2.67. The highest BCUT2D eigenvalue weighted by Gasteiger charge is 2.27. The van der Waals surface area contributed by atoms with Crippen LogP contribution < -0.4 is 9.47 Å². The number of hydrogen-bond acceptors (Lipinski definition) is 3. The number of amides is 1. The van der Waals surface area contributed by atoms with Crippen molar-refractivity contribution in [2.75, 3.05) is 20.8 Å². The van der Waals surface area contributed by atoms with Crippen LogP contribution in [-0.2, 0) is 6.42 Å². The van der Waals surface area contributed by atoms with E-state index in [-0.39, 0.29) is 11.9 Å². The number of carbonyl (C=O) groups excluding carboxylic acids is 1. The monoisotopic (exact) mass is 339 g/mol. The number of benzene rings is 2. The predicted molar refractivity (Wildman–Crippen MR) is 98.4 cm³/mol. The molecule has 0 aromatic heterocycles. The maximum Gasteiger partial charge on any atom is 0.254 e. The summed E-state index contributed by atoms with van der Waals surface area (Å²) < 4.78 is 10.9. The Labute approximate surface area is 149 Å². The lowest BCUT2D eigenvalue weighted by molar-refractivity contribution is 0.0714. The Morgan fingerprint density at radius 1 is 1.20 bits per heavy atom. The molecule has 0 spiro atoms. The van der Waals surface area contributed by atoms with Crippen LogP contribution in [0.2, 0.25) is 0 Å². The van der Waals surface area contributed by atoms with Crippen molar-refractivity contribution in [1.29, 1.82) is 0 Å². The molecule has 1 aliphatic rings. The normalized spacial score (nSPS) is 16.0. The summed E-state index contributed by atoms with van der Waals surface area (Å²) in [6.07, 6.45) is 3.19. The molecule has 4 nitrogen and oxygen atoms in total. The van der Waals surface area contributed by atoms with Crippen molar-refractivity contribution in [2.24, 2.45) is 0 Å². The van der Waals surface area contributed by atoms with Crippen LogP contribution in [0, 0.1) is 0 Å². The molecule has 0 aliphatic heterocycles. The highest BCUT2D eigenvalue weighted by Crippen LogP contribution is 2.35. The van der Waals surface area contributed by atoms with Crippen molar-refractivity contribution >= 4 is 5.91 Å². The largest absolute Gasteiger partial charge is 0.493 e. The van der Waals surface area contributed by atoms with Crippen molar-refractivity contribution < 1.29 is 14.3 Å². The van der Waals surface area contributed by atoms with Gasteiger partial charge in [0.1, 0.15) is 0 Å². The summed E-state index contributed by atoms with van der Waals surface area (Å²) in [6, 6.07) is 13.9. The van der Waals surface area contributed by atoms with E-state index in [4.69, 9.17) is 9.47 Å². The first kappa shape index (κ1) is 17.3. The lowest BCUT2D eigenvalue weighted by Crippen LogP contribution is -2.33. The Kier molecular flexibility index (Phi) is 5.27. The smallest absolute Gasteiger partial charge is 0.254 e. The Morgan fingerprint density at radius 3 is 2.76 bits per heavy atom. The van der Waals surface area contributed by atoms with E-state index < -0.39 is 0 Å². The number of ether oxygens (including phenoxy) is 2.